The average molecular weight is 396 g/mol. The summed E-state index contributed by atoms with van der Waals surface area (Å²) in [6, 6.07) is 12.1. The number of rotatable bonds is 5. The molecule has 1 fully saturated rings. The first-order chi connectivity index (χ1) is 11.7. The summed E-state index contributed by atoms with van der Waals surface area (Å²) in [5.41, 5.74) is 0.944. The van der Waals surface area contributed by atoms with Gasteiger partial charge in [0.25, 0.3) is 0 Å². The van der Waals surface area contributed by atoms with Crippen molar-refractivity contribution in [3.8, 4) is 11.5 Å². The van der Waals surface area contributed by atoms with E-state index in [1.54, 1.807) is 13.2 Å². The van der Waals surface area contributed by atoms with Crippen molar-refractivity contribution in [3.05, 3.63) is 58.3 Å². The molecule has 1 heterocycles. The van der Waals surface area contributed by atoms with Crippen LogP contribution in [0, 0.1) is 5.82 Å². The summed E-state index contributed by atoms with van der Waals surface area (Å²) in [5.74, 6) is 1.00. The Kier molecular flexibility index (Phi) is 5.71. The van der Waals surface area contributed by atoms with Gasteiger partial charge in [-0.15, -0.1) is 0 Å². The Bertz CT molecular complexity index is 692. The van der Waals surface area contributed by atoms with Crippen LogP contribution in [0.2, 0.25) is 0 Å². The van der Waals surface area contributed by atoms with Crippen molar-refractivity contribution in [3.63, 3.8) is 0 Å². The molecule has 0 saturated carbocycles. The minimum absolute atomic E-state index is 0.150. The summed E-state index contributed by atoms with van der Waals surface area (Å²) in [4.78, 5) is 0. The van der Waals surface area contributed by atoms with Crippen LogP contribution in [0.5, 0.6) is 11.5 Å². The van der Waals surface area contributed by atoms with Gasteiger partial charge in [-0.05, 0) is 51.8 Å². The minimum Gasteiger partial charge on any atom is -0.497 e. The molecule has 0 aliphatic carbocycles. The molecular weight excluding hydrogens is 377 g/mol. The standard InChI is InChI=1S/C18H19BrFNO3/c1-22-14-4-2-3-12(9-14)18(17-11-21-7-8-23-17)24-16-6-5-13(20)10-15(16)19/h2-6,9-10,17-18,21H,7-8,11H2,1H3/t17-,18?/m0/s1. The van der Waals surface area contributed by atoms with E-state index in [9.17, 15) is 4.39 Å². The van der Waals surface area contributed by atoms with Crippen molar-refractivity contribution in [2.75, 3.05) is 26.8 Å². The van der Waals surface area contributed by atoms with Crippen molar-refractivity contribution in [1.82, 2.24) is 5.32 Å². The van der Waals surface area contributed by atoms with Crippen LogP contribution in [0.25, 0.3) is 0 Å². The lowest BCUT2D eigenvalue weighted by Crippen LogP contribution is -2.43. The monoisotopic (exact) mass is 395 g/mol. The van der Waals surface area contributed by atoms with Crippen LogP contribution in [0.1, 0.15) is 11.7 Å². The van der Waals surface area contributed by atoms with Crippen molar-refractivity contribution < 1.29 is 18.6 Å². The zero-order chi connectivity index (χ0) is 16.9. The molecule has 2 aromatic carbocycles. The van der Waals surface area contributed by atoms with Gasteiger partial charge >= 0.3 is 0 Å². The number of nitrogens with one attached hydrogen (secondary N) is 1. The molecule has 24 heavy (non-hydrogen) atoms. The number of morpholine rings is 1. The normalized spacial score (nSPS) is 18.9. The summed E-state index contributed by atoms with van der Waals surface area (Å²) in [7, 11) is 1.63. The first kappa shape index (κ1) is 17.2. The third kappa shape index (κ3) is 4.06. The fourth-order valence-corrected chi connectivity index (χ4v) is 3.11. The van der Waals surface area contributed by atoms with Gasteiger partial charge in [-0.1, -0.05) is 12.1 Å². The van der Waals surface area contributed by atoms with Gasteiger partial charge < -0.3 is 19.5 Å². The molecule has 1 aliphatic rings. The van der Waals surface area contributed by atoms with Crippen LogP contribution in [0.3, 0.4) is 0 Å². The molecule has 1 aliphatic heterocycles. The molecular formula is C18H19BrFNO3. The second-order valence-electron chi connectivity index (χ2n) is 5.50. The molecule has 1 N–H and O–H groups in total. The van der Waals surface area contributed by atoms with Gasteiger partial charge in [0.2, 0.25) is 0 Å². The number of hydrogen-bond donors (Lipinski definition) is 1. The zero-order valence-corrected chi connectivity index (χ0v) is 14.9. The smallest absolute Gasteiger partial charge is 0.151 e. The van der Waals surface area contributed by atoms with Crippen molar-refractivity contribution in [2.45, 2.75) is 12.2 Å². The Balaban J connectivity index is 1.91. The summed E-state index contributed by atoms with van der Waals surface area (Å²) in [6.07, 6.45) is -0.488. The van der Waals surface area contributed by atoms with E-state index >= 15 is 0 Å². The Morgan fingerprint density at radius 3 is 2.88 bits per heavy atom. The van der Waals surface area contributed by atoms with E-state index in [0.717, 1.165) is 17.9 Å². The third-order valence-electron chi connectivity index (χ3n) is 3.86. The minimum atomic E-state index is -0.338. The maximum atomic E-state index is 13.3. The Hall–Kier alpha value is -1.63. The van der Waals surface area contributed by atoms with Gasteiger partial charge in [0.15, 0.2) is 6.10 Å². The van der Waals surface area contributed by atoms with E-state index in [4.69, 9.17) is 14.2 Å². The quantitative estimate of drug-likeness (QED) is 0.837. The van der Waals surface area contributed by atoms with Gasteiger partial charge in [0.05, 0.1) is 18.2 Å². The molecule has 4 nitrogen and oxygen atoms in total. The van der Waals surface area contributed by atoms with Gasteiger partial charge in [0, 0.05) is 13.1 Å². The van der Waals surface area contributed by atoms with Crippen LogP contribution in [-0.4, -0.2) is 32.9 Å². The zero-order valence-electron chi connectivity index (χ0n) is 13.3. The number of ether oxygens (including phenoxy) is 3. The molecule has 0 radical (unpaired) electrons. The largest absolute Gasteiger partial charge is 0.497 e. The Morgan fingerprint density at radius 2 is 2.17 bits per heavy atom. The number of benzene rings is 2. The van der Waals surface area contributed by atoms with Crippen molar-refractivity contribution in [1.29, 1.82) is 0 Å². The van der Waals surface area contributed by atoms with Crippen molar-refractivity contribution >= 4 is 15.9 Å². The van der Waals surface area contributed by atoms with E-state index in [-0.39, 0.29) is 18.0 Å². The predicted octanol–water partition coefficient (Wildman–Crippen LogP) is 3.71. The predicted molar refractivity (Wildman–Crippen MR) is 93.1 cm³/mol. The van der Waals surface area contributed by atoms with E-state index in [1.807, 2.05) is 24.3 Å². The number of halogens is 2. The molecule has 0 aromatic heterocycles. The maximum absolute atomic E-state index is 13.3. The van der Waals surface area contributed by atoms with Crippen molar-refractivity contribution in [2.24, 2.45) is 0 Å². The summed E-state index contributed by atoms with van der Waals surface area (Å²) < 4.78 is 31.3. The summed E-state index contributed by atoms with van der Waals surface area (Å²) in [6.45, 7) is 2.13. The van der Waals surface area contributed by atoms with Crippen LogP contribution < -0.4 is 14.8 Å². The fourth-order valence-electron chi connectivity index (χ4n) is 2.66. The highest BCUT2D eigenvalue weighted by Gasteiger charge is 2.28. The first-order valence-electron chi connectivity index (χ1n) is 7.75. The van der Waals surface area contributed by atoms with E-state index in [1.165, 1.54) is 12.1 Å². The molecule has 1 saturated heterocycles. The molecule has 2 aromatic rings. The molecule has 128 valence electrons. The number of hydrogen-bond acceptors (Lipinski definition) is 4. The van der Waals surface area contributed by atoms with Gasteiger partial charge in [0.1, 0.15) is 23.4 Å². The second-order valence-corrected chi connectivity index (χ2v) is 6.36. The number of methoxy groups -OCH3 is 1. The first-order valence-corrected chi connectivity index (χ1v) is 8.54. The SMILES string of the molecule is COc1cccc(C(Oc2ccc(F)cc2Br)[C@@H]2CNCCO2)c1. The average Bonchev–Trinajstić information content (AvgIpc) is 2.62. The maximum Gasteiger partial charge on any atom is 0.151 e. The lowest BCUT2D eigenvalue weighted by atomic mass is 10.0. The topological polar surface area (TPSA) is 39.7 Å². The summed E-state index contributed by atoms with van der Waals surface area (Å²) >= 11 is 3.35. The third-order valence-corrected chi connectivity index (χ3v) is 4.48. The second kappa shape index (κ2) is 7.96. The highest BCUT2D eigenvalue weighted by atomic mass is 79.9. The van der Waals surface area contributed by atoms with Crippen LogP contribution >= 0.6 is 15.9 Å². The van der Waals surface area contributed by atoms with E-state index in [2.05, 4.69) is 21.2 Å². The van der Waals surface area contributed by atoms with E-state index < -0.39 is 0 Å². The van der Waals surface area contributed by atoms with Crippen LogP contribution in [0.15, 0.2) is 46.9 Å². The fraction of sp³-hybridized carbons (Fsp3) is 0.333. The lowest BCUT2D eigenvalue weighted by molar-refractivity contribution is -0.0435. The van der Waals surface area contributed by atoms with Gasteiger partial charge in [-0.3, -0.25) is 0 Å². The molecule has 3 rings (SSSR count). The highest BCUT2D eigenvalue weighted by molar-refractivity contribution is 9.10. The molecule has 6 heteroatoms. The molecule has 2 atom stereocenters. The summed E-state index contributed by atoms with van der Waals surface area (Å²) in [5, 5.41) is 3.32. The van der Waals surface area contributed by atoms with Gasteiger partial charge in [-0.25, -0.2) is 4.39 Å². The highest BCUT2D eigenvalue weighted by Crippen LogP contribution is 2.33. The molecule has 0 amide bonds. The Morgan fingerprint density at radius 1 is 1.29 bits per heavy atom. The Labute approximate surface area is 149 Å². The van der Waals surface area contributed by atoms with Crippen LogP contribution in [-0.2, 0) is 4.74 Å². The molecule has 0 bridgehead atoms. The lowest BCUT2D eigenvalue weighted by Gasteiger charge is -2.32. The van der Waals surface area contributed by atoms with Crippen LogP contribution in [0.4, 0.5) is 4.39 Å². The van der Waals surface area contributed by atoms with E-state index in [0.29, 0.717) is 23.4 Å². The van der Waals surface area contributed by atoms with Gasteiger partial charge in [-0.2, -0.15) is 0 Å². The molecule has 1 unspecified atom stereocenters. The molecule has 0 spiro atoms.